The minimum atomic E-state index is 0.888. The first kappa shape index (κ1) is 14.8. The molecule has 0 N–H and O–H groups in total. The molecule has 3 fully saturated rings. The summed E-state index contributed by atoms with van der Waals surface area (Å²) < 4.78 is 0. The van der Waals surface area contributed by atoms with E-state index in [4.69, 9.17) is 0 Å². The molecule has 3 aliphatic rings. The average molecular weight is 279 g/mol. The number of likely N-dealkylation sites (tertiary alicyclic amines) is 3. The Morgan fingerprint density at radius 2 is 1.45 bits per heavy atom. The summed E-state index contributed by atoms with van der Waals surface area (Å²) in [5.41, 5.74) is 0. The van der Waals surface area contributed by atoms with Crippen molar-refractivity contribution in [2.45, 2.75) is 45.1 Å². The fourth-order valence-electron chi connectivity index (χ4n) is 4.26. The molecule has 0 aromatic rings. The zero-order chi connectivity index (χ0) is 13.9. The molecule has 3 nitrogen and oxygen atoms in total. The normalized spacial score (nSPS) is 29.7. The minimum Gasteiger partial charge on any atom is -0.306 e. The van der Waals surface area contributed by atoms with Crippen molar-refractivity contribution in [2.24, 2.45) is 11.8 Å². The summed E-state index contributed by atoms with van der Waals surface area (Å²) in [5.74, 6) is 1.99. The highest BCUT2D eigenvalue weighted by Gasteiger charge is 2.34. The zero-order valence-electron chi connectivity index (χ0n) is 13.6. The van der Waals surface area contributed by atoms with Crippen molar-refractivity contribution in [2.75, 3.05) is 52.9 Å². The van der Waals surface area contributed by atoms with Gasteiger partial charge >= 0.3 is 0 Å². The van der Waals surface area contributed by atoms with Gasteiger partial charge in [-0.1, -0.05) is 13.3 Å². The maximum Gasteiger partial charge on any atom is 0.0350 e. The van der Waals surface area contributed by atoms with Crippen molar-refractivity contribution in [3.63, 3.8) is 0 Å². The monoisotopic (exact) mass is 279 g/mol. The largest absolute Gasteiger partial charge is 0.306 e. The molecule has 0 aliphatic carbocycles. The van der Waals surface area contributed by atoms with Crippen LogP contribution in [0.1, 0.15) is 39.0 Å². The molecule has 3 rings (SSSR count). The first-order chi connectivity index (χ1) is 9.74. The van der Waals surface area contributed by atoms with Gasteiger partial charge in [0.1, 0.15) is 0 Å². The summed E-state index contributed by atoms with van der Waals surface area (Å²) in [5, 5.41) is 0. The van der Waals surface area contributed by atoms with E-state index in [1.165, 1.54) is 77.9 Å². The molecule has 0 spiro atoms. The lowest BCUT2D eigenvalue weighted by atomic mass is 9.91. The van der Waals surface area contributed by atoms with E-state index in [0.717, 1.165) is 17.9 Å². The maximum absolute atomic E-state index is 2.78. The molecule has 0 saturated carbocycles. The highest BCUT2D eigenvalue weighted by Crippen LogP contribution is 2.26. The number of hydrogen-bond donors (Lipinski definition) is 0. The number of hydrogen-bond acceptors (Lipinski definition) is 3. The summed E-state index contributed by atoms with van der Waals surface area (Å²) in [4.78, 5) is 7.97. The Morgan fingerprint density at radius 3 is 2.05 bits per heavy atom. The highest BCUT2D eigenvalue weighted by atomic mass is 15.3. The third-order valence-corrected chi connectivity index (χ3v) is 6.04. The molecule has 0 radical (unpaired) electrons. The van der Waals surface area contributed by atoms with E-state index in [9.17, 15) is 0 Å². The van der Waals surface area contributed by atoms with E-state index in [-0.39, 0.29) is 0 Å². The van der Waals surface area contributed by atoms with Crippen LogP contribution in [0.25, 0.3) is 0 Å². The number of piperidine rings is 2. The van der Waals surface area contributed by atoms with Gasteiger partial charge in [0.25, 0.3) is 0 Å². The smallest absolute Gasteiger partial charge is 0.0350 e. The van der Waals surface area contributed by atoms with Gasteiger partial charge in [-0.05, 0) is 70.7 Å². The molecular formula is C17H33N3. The molecule has 0 unspecified atom stereocenters. The van der Waals surface area contributed by atoms with Crippen LogP contribution in [0.4, 0.5) is 0 Å². The van der Waals surface area contributed by atoms with E-state index in [1.807, 2.05) is 0 Å². The van der Waals surface area contributed by atoms with Gasteiger partial charge in [0.05, 0.1) is 0 Å². The Morgan fingerprint density at radius 1 is 0.850 bits per heavy atom. The molecule has 3 saturated heterocycles. The Hall–Kier alpha value is -0.120. The standard InChI is InChI=1S/C17H33N3/c1-3-15-6-10-20(11-7-15)17-13-19(14-17)12-16-4-8-18(2)9-5-16/h15-17H,3-14H2,1-2H3. The molecule has 116 valence electrons. The van der Waals surface area contributed by atoms with Crippen molar-refractivity contribution in [3.05, 3.63) is 0 Å². The van der Waals surface area contributed by atoms with Gasteiger partial charge < -0.3 is 4.90 Å². The number of nitrogens with zero attached hydrogens (tertiary/aromatic N) is 3. The van der Waals surface area contributed by atoms with E-state index in [2.05, 4.69) is 28.7 Å². The van der Waals surface area contributed by atoms with Crippen molar-refractivity contribution in [3.8, 4) is 0 Å². The lowest BCUT2D eigenvalue weighted by molar-refractivity contribution is 0.00125. The first-order valence-electron chi connectivity index (χ1n) is 8.89. The van der Waals surface area contributed by atoms with Crippen LogP contribution >= 0.6 is 0 Å². The van der Waals surface area contributed by atoms with Crippen molar-refractivity contribution < 1.29 is 0 Å². The highest BCUT2D eigenvalue weighted by molar-refractivity contribution is 4.91. The Labute approximate surface area is 125 Å². The second-order valence-corrected chi connectivity index (χ2v) is 7.51. The zero-order valence-corrected chi connectivity index (χ0v) is 13.6. The summed E-state index contributed by atoms with van der Waals surface area (Å²) in [7, 11) is 2.26. The van der Waals surface area contributed by atoms with Crippen LogP contribution in [0.5, 0.6) is 0 Å². The summed E-state index contributed by atoms with van der Waals surface area (Å²) >= 11 is 0. The van der Waals surface area contributed by atoms with E-state index in [1.54, 1.807) is 0 Å². The van der Waals surface area contributed by atoms with Gasteiger partial charge in [0.15, 0.2) is 0 Å². The summed E-state index contributed by atoms with van der Waals surface area (Å²) in [6, 6.07) is 0.888. The van der Waals surface area contributed by atoms with Crippen LogP contribution in [-0.2, 0) is 0 Å². The maximum atomic E-state index is 2.78. The second kappa shape index (κ2) is 6.76. The van der Waals surface area contributed by atoms with E-state index < -0.39 is 0 Å². The van der Waals surface area contributed by atoms with Crippen LogP contribution < -0.4 is 0 Å². The van der Waals surface area contributed by atoms with Crippen molar-refractivity contribution in [1.82, 2.24) is 14.7 Å². The van der Waals surface area contributed by atoms with Gasteiger partial charge in [-0.2, -0.15) is 0 Å². The lowest BCUT2D eigenvalue weighted by Crippen LogP contribution is -2.61. The Balaban J connectivity index is 1.33. The molecule has 3 aliphatic heterocycles. The van der Waals surface area contributed by atoms with Gasteiger partial charge in [0, 0.05) is 25.7 Å². The predicted octanol–water partition coefficient (Wildman–Crippen LogP) is 2.13. The fourth-order valence-corrected chi connectivity index (χ4v) is 4.26. The molecule has 0 atom stereocenters. The van der Waals surface area contributed by atoms with E-state index >= 15 is 0 Å². The molecule has 3 heteroatoms. The quantitative estimate of drug-likeness (QED) is 0.780. The van der Waals surface area contributed by atoms with E-state index in [0.29, 0.717) is 0 Å². The Bertz CT molecular complexity index is 285. The SMILES string of the molecule is CCC1CCN(C2CN(CC3CCN(C)CC3)C2)CC1. The molecule has 0 aromatic carbocycles. The van der Waals surface area contributed by atoms with Gasteiger partial charge in [0.2, 0.25) is 0 Å². The molecule has 3 heterocycles. The summed E-state index contributed by atoms with van der Waals surface area (Å²) in [6.45, 7) is 11.8. The number of rotatable bonds is 4. The van der Waals surface area contributed by atoms with Crippen LogP contribution in [0.2, 0.25) is 0 Å². The molecule has 20 heavy (non-hydrogen) atoms. The van der Waals surface area contributed by atoms with Gasteiger partial charge in [-0.3, -0.25) is 9.80 Å². The summed E-state index contributed by atoms with van der Waals surface area (Å²) in [6.07, 6.45) is 7.11. The Kier molecular flexibility index (Phi) is 5.00. The molecule has 0 amide bonds. The van der Waals surface area contributed by atoms with Crippen molar-refractivity contribution in [1.29, 1.82) is 0 Å². The topological polar surface area (TPSA) is 9.72 Å². The van der Waals surface area contributed by atoms with Crippen LogP contribution in [0, 0.1) is 11.8 Å². The average Bonchev–Trinajstić information content (AvgIpc) is 2.45. The molecule has 0 bridgehead atoms. The predicted molar refractivity (Wildman–Crippen MR) is 85.0 cm³/mol. The lowest BCUT2D eigenvalue weighted by Gasteiger charge is -2.49. The van der Waals surface area contributed by atoms with Crippen molar-refractivity contribution >= 4 is 0 Å². The first-order valence-corrected chi connectivity index (χ1v) is 8.89. The van der Waals surface area contributed by atoms with Gasteiger partial charge in [-0.25, -0.2) is 0 Å². The molecular weight excluding hydrogens is 246 g/mol. The third-order valence-electron chi connectivity index (χ3n) is 6.04. The second-order valence-electron chi connectivity index (χ2n) is 7.51. The van der Waals surface area contributed by atoms with Crippen LogP contribution in [0.15, 0.2) is 0 Å². The van der Waals surface area contributed by atoms with Crippen LogP contribution in [-0.4, -0.2) is 73.6 Å². The third kappa shape index (κ3) is 3.55. The molecule has 0 aromatic heterocycles. The van der Waals surface area contributed by atoms with Gasteiger partial charge in [-0.15, -0.1) is 0 Å². The fraction of sp³-hybridized carbons (Fsp3) is 1.00. The van der Waals surface area contributed by atoms with Crippen LogP contribution in [0.3, 0.4) is 0 Å². The minimum absolute atomic E-state index is 0.888.